The Labute approximate surface area is 170 Å². The van der Waals surface area contributed by atoms with Gasteiger partial charge in [-0.3, -0.25) is 4.79 Å². The predicted octanol–water partition coefficient (Wildman–Crippen LogP) is 3.86. The maximum Gasteiger partial charge on any atom is 0.317 e. The summed E-state index contributed by atoms with van der Waals surface area (Å²) in [6.07, 6.45) is 0.636. The molecule has 0 saturated heterocycles. The van der Waals surface area contributed by atoms with Gasteiger partial charge in [0.05, 0.1) is 13.7 Å². The summed E-state index contributed by atoms with van der Waals surface area (Å²) >= 11 is 0. The molecule has 1 aliphatic carbocycles. The van der Waals surface area contributed by atoms with Crippen LogP contribution in [0.1, 0.15) is 23.1 Å². The zero-order valence-electron chi connectivity index (χ0n) is 16.4. The average molecular weight is 388 g/mol. The number of ether oxygens (including phenoxy) is 2. The number of carbonyl (C=O) groups is 1. The van der Waals surface area contributed by atoms with Crippen molar-refractivity contribution in [1.82, 2.24) is 0 Å². The monoisotopic (exact) mass is 388 g/mol. The van der Waals surface area contributed by atoms with Crippen LogP contribution in [0.2, 0.25) is 0 Å². The lowest BCUT2D eigenvalue weighted by molar-refractivity contribution is -0.144. The molecule has 0 spiro atoms. The maximum atomic E-state index is 13.2. The first-order valence-electron chi connectivity index (χ1n) is 9.73. The number of carbonyl (C=O) groups excluding carboxylic acids is 1. The largest absolute Gasteiger partial charge is 0.491 e. The fourth-order valence-electron chi connectivity index (χ4n) is 4.55. The molecule has 4 nitrogen and oxygen atoms in total. The molecule has 0 amide bonds. The van der Waals surface area contributed by atoms with Crippen LogP contribution >= 0.6 is 0 Å². The summed E-state index contributed by atoms with van der Waals surface area (Å²) in [7, 11) is 1.45. The van der Waals surface area contributed by atoms with Gasteiger partial charge in [-0.25, -0.2) is 0 Å². The summed E-state index contributed by atoms with van der Waals surface area (Å²) in [5.41, 5.74) is 1.78. The van der Waals surface area contributed by atoms with Gasteiger partial charge >= 0.3 is 5.97 Å². The highest BCUT2D eigenvalue weighted by molar-refractivity contribution is 5.93. The summed E-state index contributed by atoms with van der Waals surface area (Å²) in [4.78, 5) is 13.2. The van der Waals surface area contributed by atoms with Crippen LogP contribution in [0.15, 0.2) is 84.9 Å². The molecule has 1 N–H and O–H groups in total. The SMILES string of the molecule is COC(=O)[C@@]1(c2ccccc2)C[C@@]1(c1ccccc1)c1ccc(OCCO)cc1. The number of aliphatic hydroxyl groups is 1. The van der Waals surface area contributed by atoms with Gasteiger partial charge in [0.2, 0.25) is 0 Å². The highest BCUT2D eigenvalue weighted by Crippen LogP contribution is 2.69. The summed E-state index contributed by atoms with van der Waals surface area (Å²) in [5, 5.41) is 8.98. The Kier molecular flexibility index (Phi) is 5.12. The van der Waals surface area contributed by atoms with E-state index in [0.717, 1.165) is 16.7 Å². The van der Waals surface area contributed by atoms with E-state index >= 15 is 0 Å². The molecule has 4 rings (SSSR count). The van der Waals surface area contributed by atoms with Crippen molar-refractivity contribution < 1.29 is 19.4 Å². The molecule has 29 heavy (non-hydrogen) atoms. The first-order valence-corrected chi connectivity index (χ1v) is 9.73. The maximum absolute atomic E-state index is 13.2. The van der Waals surface area contributed by atoms with Crippen LogP contribution in [-0.2, 0) is 20.4 Å². The van der Waals surface area contributed by atoms with Crippen LogP contribution in [0, 0.1) is 0 Å². The fourth-order valence-corrected chi connectivity index (χ4v) is 4.55. The Balaban J connectivity index is 1.87. The Morgan fingerprint density at radius 1 is 0.862 bits per heavy atom. The highest BCUT2D eigenvalue weighted by Gasteiger charge is 2.74. The third-order valence-corrected chi connectivity index (χ3v) is 5.91. The van der Waals surface area contributed by atoms with Gasteiger partial charge in [0, 0.05) is 5.41 Å². The Bertz CT molecular complexity index is 969. The minimum atomic E-state index is -0.780. The first-order chi connectivity index (χ1) is 14.2. The molecule has 0 heterocycles. The standard InChI is InChI=1S/C25H24O4/c1-28-23(27)25(20-10-6-3-7-11-20)18-24(25,19-8-4-2-5-9-19)21-12-14-22(15-13-21)29-17-16-26/h2-15,26H,16-18H2,1H3/t24-,25+/m1/s1. The Morgan fingerprint density at radius 2 is 1.41 bits per heavy atom. The number of rotatable bonds is 7. The molecule has 0 bridgehead atoms. The van der Waals surface area contributed by atoms with Crippen molar-refractivity contribution in [3.05, 3.63) is 102 Å². The quantitative estimate of drug-likeness (QED) is 0.625. The molecule has 148 valence electrons. The van der Waals surface area contributed by atoms with Gasteiger partial charge < -0.3 is 14.6 Å². The number of esters is 1. The van der Waals surface area contributed by atoms with Crippen molar-refractivity contribution in [2.24, 2.45) is 0 Å². The van der Waals surface area contributed by atoms with E-state index in [-0.39, 0.29) is 19.2 Å². The van der Waals surface area contributed by atoms with Gasteiger partial charge in [-0.15, -0.1) is 0 Å². The molecule has 0 aliphatic heterocycles. The second-order valence-corrected chi connectivity index (χ2v) is 7.31. The van der Waals surface area contributed by atoms with Crippen molar-refractivity contribution in [2.75, 3.05) is 20.3 Å². The zero-order valence-corrected chi connectivity index (χ0v) is 16.4. The van der Waals surface area contributed by atoms with Gasteiger partial charge in [-0.1, -0.05) is 72.8 Å². The van der Waals surface area contributed by atoms with Gasteiger partial charge in [0.25, 0.3) is 0 Å². The lowest BCUT2D eigenvalue weighted by Gasteiger charge is -2.26. The number of methoxy groups -OCH3 is 1. The third-order valence-electron chi connectivity index (χ3n) is 5.91. The highest BCUT2D eigenvalue weighted by atomic mass is 16.5. The normalized spacial score (nSPS) is 22.7. The first kappa shape index (κ1) is 19.2. The van der Waals surface area contributed by atoms with Crippen molar-refractivity contribution in [3.63, 3.8) is 0 Å². The van der Waals surface area contributed by atoms with Gasteiger partial charge in [0.1, 0.15) is 17.8 Å². The van der Waals surface area contributed by atoms with Crippen LogP contribution in [0.4, 0.5) is 0 Å². The average Bonchev–Trinajstić information content (AvgIpc) is 3.51. The van der Waals surface area contributed by atoms with Crippen LogP contribution in [0.5, 0.6) is 5.75 Å². The summed E-state index contributed by atoms with van der Waals surface area (Å²) < 4.78 is 10.8. The van der Waals surface area contributed by atoms with Gasteiger partial charge in [-0.2, -0.15) is 0 Å². The lowest BCUT2D eigenvalue weighted by atomic mass is 9.77. The molecular formula is C25H24O4. The number of benzene rings is 3. The summed E-state index contributed by atoms with van der Waals surface area (Å²) in [6.45, 7) is 0.217. The third kappa shape index (κ3) is 3.00. The molecule has 2 atom stereocenters. The van der Waals surface area contributed by atoms with Crippen molar-refractivity contribution in [2.45, 2.75) is 17.3 Å². The summed E-state index contributed by atoms with van der Waals surface area (Å²) in [6, 6.07) is 27.8. The van der Waals surface area contributed by atoms with Crippen LogP contribution in [0.25, 0.3) is 0 Å². The number of hydrogen-bond acceptors (Lipinski definition) is 4. The fraction of sp³-hybridized carbons (Fsp3) is 0.240. The number of aliphatic hydroxyl groups excluding tert-OH is 1. The molecule has 4 heteroatoms. The molecule has 1 saturated carbocycles. The predicted molar refractivity (Wildman–Crippen MR) is 111 cm³/mol. The minimum Gasteiger partial charge on any atom is -0.491 e. The van der Waals surface area contributed by atoms with E-state index < -0.39 is 10.8 Å². The van der Waals surface area contributed by atoms with E-state index in [1.54, 1.807) is 0 Å². The zero-order chi connectivity index (χ0) is 20.3. The molecule has 0 unspecified atom stereocenters. The van der Waals surface area contributed by atoms with Crippen molar-refractivity contribution in [3.8, 4) is 5.75 Å². The molecule has 1 fully saturated rings. The second kappa shape index (κ2) is 7.72. The van der Waals surface area contributed by atoms with Gasteiger partial charge in [0.15, 0.2) is 0 Å². The lowest BCUT2D eigenvalue weighted by Crippen LogP contribution is -2.32. The van der Waals surface area contributed by atoms with Crippen LogP contribution in [0.3, 0.4) is 0 Å². The molecule has 0 radical (unpaired) electrons. The Hall–Kier alpha value is -3.11. The Morgan fingerprint density at radius 3 is 1.97 bits per heavy atom. The van der Waals surface area contributed by atoms with Crippen molar-refractivity contribution in [1.29, 1.82) is 0 Å². The van der Waals surface area contributed by atoms with Crippen LogP contribution in [-0.4, -0.2) is 31.4 Å². The second-order valence-electron chi connectivity index (χ2n) is 7.31. The van der Waals surface area contributed by atoms with E-state index in [1.807, 2.05) is 72.8 Å². The minimum absolute atomic E-state index is 0.0326. The molecule has 0 aromatic heterocycles. The summed E-state index contributed by atoms with van der Waals surface area (Å²) in [5.74, 6) is 0.461. The molecular weight excluding hydrogens is 364 g/mol. The van der Waals surface area contributed by atoms with E-state index in [1.165, 1.54) is 7.11 Å². The number of hydrogen-bond donors (Lipinski definition) is 1. The molecule has 1 aliphatic rings. The molecule has 3 aromatic rings. The van der Waals surface area contributed by atoms with E-state index in [4.69, 9.17) is 14.6 Å². The van der Waals surface area contributed by atoms with Gasteiger partial charge in [-0.05, 0) is 35.2 Å². The van der Waals surface area contributed by atoms with E-state index in [2.05, 4.69) is 12.1 Å². The van der Waals surface area contributed by atoms with E-state index in [0.29, 0.717) is 12.2 Å². The molecule has 3 aromatic carbocycles. The van der Waals surface area contributed by atoms with Crippen molar-refractivity contribution >= 4 is 5.97 Å². The van der Waals surface area contributed by atoms with E-state index in [9.17, 15) is 4.79 Å². The topological polar surface area (TPSA) is 55.8 Å². The smallest absolute Gasteiger partial charge is 0.317 e. The van der Waals surface area contributed by atoms with Crippen LogP contribution < -0.4 is 4.74 Å².